The number of para-hydroxylation sites is 2. The molecule has 1 unspecified atom stereocenters. The van der Waals surface area contributed by atoms with Crippen molar-refractivity contribution in [3.63, 3.8) is 0 Å². The number of ether oxygens (including phenoxy) is 1. The smallest absolute Gasteiger partial charge is 0.306 e. The van der Waals surface area contributed by atoms with Gasteiger partial charge in [0.05, 0.1) is 30.6 Å². The molecule has 0 spiro atoms. The van der Waals surface area contributed by atoms with Crippen molar-refractivity contribution in [3.05, 3.63) is 101 Å². The number of carbonyl (C=O) groups excluding carboxylic acids is 2. The number of aromatic nitrogens is 2. The second-order valence-electron chi connectivity index (χ2n) is 8.38. The Balaban J connectivity index is 1.43. The highest BCUT2D eigenvalue weighted by Crippen LogP contribution is 2.25. The minimum absolute atomic E-state index is 0.0116. The van der Waals surface area contributed by atoms with Crippen LogP contribution in [0.15, 0.2) is 78.9 Å². The number of fused-ring (bicyclic) bond motifs is 1. The second-order valence-corrected chi connectivity index (χ2v) is 8.38. The maximum absolute atomic E-state index is 13.0. The number of benzene rings is 3. The first-order valence-corrected chi connectivity index (χ1v) is 11.5. The minimum Gasteiger partial charge on any atom is -0.466 e. The van der Waals surface area contributed by atoms with Crippen LogP contribution in [0.2, 0.25) is 0 Å². The van der Waals surface area contributed by atoms with Crippen LogP contribution in [0.1, 0.15) is 46.6 Å². The number of nitrogens with one attached hydrogen (secondary N) is 1. The van der Waals surface area contributed by atoms with Gasteiger partial charge < -0.3 is 14.6 Å². The third-order valence-electron chi connectivity index (χ3n) is 5.84. The van der Waals surface area contributed by atoms with Gasteiger partial charge in [-0.1, -0.05) is 54.6 Å². The Morgan fingerprint density at radius 1 is 0.971 bits per heavy atom. The third-order valence-corrected chi connectivity index (χ3v) is 5.84. The van der Waals surface area contributed by atoms with E-state index in [0.717, 1.165) is 28.0 Å². The number of esters is 1. The fourth-order valence-electron chi connectivity index (χ4n) is 4.12. The Morgan fingerprint density at radius 3 is 2.38 bits per heavy atom. The first-order chi connectivity index (χ1) is 16.5. The molecule has 6 heteroatoms. The number of hydrogen-bond acceptors (Lipinski definition) is 4. The Kier molecular flexibility index (Phi) is 7.38. The van der Waals surface area contributed by atoms with Gasteiger partial charge in [-0.3, -0.25) is 9.59 Å². The summed E-state index contributed by atoms with van der Waals surface area (Å²) in [5.74, 6) is 0.490. The van der Waals surface area contributed by atoms with E-state index in [0.29, 0.717) is 31.6 Å². The van der Waals surface area contributed by atoms with E-state index in [1.54, 1.807) is 11.9 Å². The highest BCUT2D eigenvalue weighted by Gasteiger charge is 2.19. The Labute approximate surface area is 199 Å². The van der Waals surface area contributed by atoms with Gasteiger partial charge in [-0.05, 0) is 54.7 Å². The molecule has 0 saturated carbocycles. The van der Waals surface area contributed by atoms with E-state index < -0.39 is 0 Å². The molecule has 34 heavy (non-hydrogen) atoms. The fourth-order valence-corrected chi connectivity index (χ4v) is 4.12. The Bertz CT molecular complexity index is 1220. The van der Waals surface area contributed by atoms with Crippen molar-refractivity contribution < 1.29 is 14.3 Å². The summed E-state index contributed by atoms with van der Waals surface area (Å²) in [6, 6.07) is 25.4. The molecule has 0 fully saturated rings. The maximum Gasteiger partial charge on any atom is 0.306 e. The van der Waals surface area contributed by atoms with Gasteiger partial charge >= 0.3 is 5.97 Å². The number of carbonyl (C=O) groups is 2. The van der Waals surface area contributed by atoms with Gasteiger partial charge in [-0.2, -0.15) is 0 Å². The minimum atomic E-state index is -0.199. The molecule has 0 saturated heterocycles. The number of rotatable bonds is 9. The molecule has 0 bridgehead atoms. The monoisotopic (exact) mass is 455 g/mol. The van der Waals surface area contributed by atoms with E-state index in [-0.39, 0.29) is 17.8 Å². The summed E-state index contributed by atoms with van der Waals surface area (Å²) >= 11 is 0. The zero-order chi connectivity index (χ0) is 23.9. The summed E-state index contributed by atoms with van der Waals surface area (Å²) in [6.07, 6.45) is 1.00. The molecule has 1 atom stereocenters. The molecule has 4 rings (SSSR count). The summed E-state index contributed by atoms with van der Waals surface area (Å²) < 4.78 is 5.18. The van der Waals surface area contributed by atoms with Crippen LogP contribution < -0.4 is 0 Å². The van der Waals surface area contributed by atoms with Crippen molar-refractivity contribution in [1.82, 2.24) is 14.9 Å². The van der Waals surface area contributed by atoms with Crippen molar-refractivity contribution in [2.24, 2.45) is 0 Å². The third kappa shape index (κ3) is 5.70. The molecular formula is C28H29N3O3. The largest absolute Gasteiger partial charge is 0.466 e. The van der Waals surface area contributed by atoms with Crippen LogP contribution in [-0.2, 0) is 22.5 Å². The topological polar surface area (TPSA) is 75.3 Å². The van der Waals surface area contributed by atoms with E-state index >= 15 is 0 Å². The molecule has 4 aromatic rings. The number of nitrogens with zero attached hydrogens (tertiary/aromatic N) is 2. The molecule has 1 N–H and O–H groups in total. The Morgan fingerprint density at radius 2 is 1.68 bits per heavy atom. The summed E-state index contributed by atoms with van der Waals surface area (Å²) in [4.78, 5) is 34.6. The van der Waals surface area contributed by atoms with E-state index in [4.69, 9.17) is 4.74 Å². The highest BCUT2D eigenvalue weighted by molar-refractivity contribution is 5.94. The van der Waals surface area contributed by atoms with Crippen molar-refractivity contribution in [2.45, 2.75) is 32.2 Å². The standard InChI is InChI=1S/C28H29N3O3/c1-3-34-27(32)18-23(21-9-5-4-6-10-21)17-20-13-15-22(16-14-20)28(33)31(2)19-26-29-24-11-7-8-12-25(24)30-26/h4-16,23H,3,17-19H2,1-2H3,(H,29,30). The van der Waals surface area contributed by atoms with Crippen LogP contribution in [0, 0.1) is 0 Å². The molecule has 3 aromatic carbocycles. The molecule has 6 nitrogen and oxygen atoms in total. The number of hydrogen-bond donors (Lipinski definition) is 1. The zero-order valence-corrected chi connectivity index (χ0v) is 19.5. The molecule has 1 amide bonds. The molecule has 0 aliphatic heterocycles. The van der Waals surface area contributed by atoms with Crippen LogP contribution in [-0.4, -0.2) is 40.4 Å². The van der Waals surface area contributed by atoms with E-state index in [9.17, 15) is 9.59 Å². The lowest BCUT2D eigenvalue weighted by atomic mass is 9.89. The van der Waals surface area contributed by atoms with Crippen LogP contribution in [0.5, 0.6) is 0 Å². The van der Waals surface area contributed by atoms with Crippen molar-refractivity contribution in [3.8, 4) is 0 Å². The first kappa shape index (κ1) is 23.2. The van der Waals surface area contributed by atoms with E-state index in [2.05, 4.69) is 9.97 Å². The molecule has 0 radical (unpaired) electrons. The van der Waals surface area contributed by atoms with Crippen LogP contribution in [0.25, 0.3) is 11.0 Å². The molecule has 1 aromatic heterocycles. The number of aromatic amines is 1. The van der Waals surface area contributed by atoms with Gasteiger partial charge in [-0.15, -0.1) is 0 Å². The second kappa shape index (κ2) is 10.8. The van der Waals surface area contributed by atoms with Crippen LogP contribution in [0.4, 0.5) is 0 Å². The van der Waals surface area contributed by atoms with Crippen molar-refractivity contribution in [2.75, 3.05) is 13.7 Å². The van der Waals surface area contributed by atoms with Gasteiger partial charge in [0.25, 0.3) is 5.91 Å². The summed E-state index contributed by atoms with van der Waals surface area (Å²) in [7, 11) is 1.77. The van der Waals surface area contributed by atoms with Gasteiger partial charge in [0.1, 0.15) is 5.82 Å². The molecule has 0 aliphatic rings. The average Bonchev–Trinajstić information content (AvgIpc) is 3.26. The Hall–Kier alpha value is -3.93. The summed E-state index contributed by atoms with van der Waals surface area (Å²) in [5, 5.41) is 0. The summed E-state index contributed by atoms with van der Waals surface area (Å²) in [5.41, 5.74) is 4.62. The lowest BCUT2D eigenvalue weighted by Gasteiger charge is -2.18. The van der Waals surface area contributed by atoms with Gasteiger partial charge in [0, 0.05) is 12.6 Å². The number of amides is 1. The van der Waals surface area contributed by atoms with E-state index in [1.807, 2.05) is 85.8 Å². The molecule has 0 aliphatic carbocycles. The SMILES string of the molecule is CCOC(=O)CC(Cc1ccc(C(=O)N(C)Cc2nc3ccccc3[nH]2)cc1)c1ccccc1. The van der Waals surface area contributed by atoms with Crippen LogP contribution >= 0.6 is 0 Å². The van der Waals surface area contributed by atoms with E-state index in [1.165, 1.54) is 0 Å². The average molecular weight is 456 g/mol. The van der Waals surface area contributed by atoms with Gasteiger partial charge in [-0.25, -0.2) is 4.98 Å². The van der Waals surface area contributed by atoms with Crippen molar-refractivity contribution in [1.29, 1.82) is 0 Å². The number of imidazole rings is 1. The van der Waals surface area contributed by atoms with Gasteiger partial charge in [0.15, 0.2) is 0 Å². The summed E-state index contributed by atoms with van der Waals surface area (Å²) in [6.45, 7) is 2.58. The lowest BCUT2D eigenvalue weighted by Crippen LogP contribution is -2.26. The fraction of sp³-hybridized carbons (Fsp3) is 0.250. The van der Waals surface area contributed by atoms with Crippen LogP contribution in [0.3, 0.4) is 0 Å². The highest BCUT2D eigenvalue weighted by atomic mass is 16.5. The first-order valence-electron chi connectivity index (χ1n) is 11.5. The van der Waals surface area contributed by atoms with Gasteiger partial charge in [0.2, 0.25) is 0 Å². The number of H-pyrrole nitrogens is 1. The zero-order valence-electron chi connectivity index (χ0n) is 19.5. The predicted molar refractivity (Wildman–Crippen MR) is 132 cm³/mol. The van der Waals surface area contributed by atoms with Crippen molar-refractivity contribution >= 4 is 22.9 Å². The maximum atomic E-state index is 13.0. The molecular weight excluding hydrogens is 426 g/mol. The molecule has 1 heterocycles. The lowest BCUT2D eigenvalue weighted by molar-refractivity contribution is -0.143. The normalized spacial score (nSPS) is 11.8. The quantitative estimate of drug-likeness (QED) is 0.356. The predicted octanol–water partition coefficient (Wildman–Crippen LogP) is 5.11. The molecule has 174 valence electrons.